The molecule has 9 heteroatoms. The van der Waals surface area contributed by atoms with E-state index in [2.05, 4.69) is 0 Å². The van der Waals surface area contributed by atoms with Crippen LogP contribution >= 0.6 is 0 Å². The van der Waals surface area contributed by atoms with Crippen LogP contribution in [-0.4, -0.2) is 99.5 Å². The summed E-state index contributed by atoms with van der Waals surface area (Å²) in [5, 5.41) is 0. The van der Waals surface area contributed by atoms with Crippen molar-refractivity contribution in [2.24, 2.45) is 23.3 Å². The van der Waals surface area contributed by atoms with E-state index in [1.54, 1.807) is 9.80 Å². The molecule has 2 unspecified atom stereocenters. The second kappa shape index (κ2) is 13.9. The van der Waals surface area contributed by atoms with Gasteiger partial charge in [-0.1, -0.05) is 27.7 Å². The van der Waals surface area contributed by atoms with Crippen molar-refractivity contribution in [1.29, 1.82) is 0 Å². The Balaban J connectivity index is 2.68. The first kappa shape index (κ1) is 25.8. The van der Waals surface area contributed by atoms with Crippen molar-refractivity contribution in [3.8, 4) is 0 Å². The number of amides is 2. The van der Waals surface area contributed by atoms with Gasteiger partial charge in [0, 0.05) is 26.2 Å². The molecule has 0 aromatic heterocycles. The highest BCUT2D eigenvalue weighted by Gasteiger charge is 2.25. The van der Waals surface area contributed by atoms with Crippen LogP contribution in [-0.2, 0) is 23.8 Å². The van der Waals surface area contributed by atoms with E-state index in [9.17, 15) is 9.59 Å². The minimum Gasteiger partial charge on any atom is -0.378 e. The highest BCUT2D eigenvalue weighted by molar-refractivity contribution is 5.82. The van der Waals surface area contributed by atoms with Crippen molar-refractivity contribution in [2.75, 3.05) is 65.8 Å². The second-order valence-electron chi connectivity index (χ2n) is 8.03. The van der Waals surface area contributed by atoms with Gasteiger partial charge in [-0.2, -0.15) is 0 Å². The Morgan fingerprint density at radius 3 is 1.17 bits per heavy atom. The zero-order valence-corrected chi connectivity index (χ0v) is 18.5. The van der Waals surface area contributed by atoms with Crippen LogP contribution in [0, 0.1) is 11.8 Å². The van der Waals surface area contributed by atoms with Crippen LogP contribution in [0.25, 0.3) is 0 Å². The Kier molecular flexibility index (Phi) is 12.3. The van der Waals surface area contributed by atoms with Gasteiger partial charge in [-0.3, -0.25) is 9.59 Å². The lowest BCUT2D eigenvalue weighted by atomic mass is 10.0. The highest BCUT2D eigenvalue weighted by Crippen LogP contribution is 2.06. The fourth-order valence-corrected chi connectivity index (χ4v) is 2.78. The Morgan fingerprint density at radius 2 is 0.897 bits per heavy atom. The molecule has 0 aromatic carbocycles. The molecule has 4 N–H and O–H groups in total. The van der Waals surface area contributed by atoms with Gasteiger partial charge in [0.25, 0.3) is 0 Å². The van der Waals surface area contributed by atoms with Crippen molar-refractivity contribution in [1.82, 2.24) is 9.80 Å². The lowest BCUT2D eigenvalue weighted by molar-refractivity contribution is -0.135. The third-order valence-corrected chi connectivity index (χ3v) is 5.02. The minimum atomic E-state index is -0.550. The van der Waals surface area contributed by atoms with E-state index in [-0.39, 0.29) is 23.7 Å². The molecule has 2 amide bonds. The van der Waals surface area contributed by atoms with Gasteiger partial charge >= 0.3 is 0 Å². The third kappa shape index (κ3) is 9.39. The first-order valence-corrected chi connectivity index (χ1v) is 10.6. The average molecular weight is 417 g/mol. The molecule has 0 radical (unpaired) electrons. The van der Waals surface area contributed by atoms with E-state index in [0.717, 1.165) is 0 Å². The Bertz CT molecular complexity index is 447. The smallest absolute Gasteiger partial charge is 0.239 e. The lowest BCUT2D eigenvalue weighted by Crippen LogP contribution is -2.49. The number of rotatable bonds is 4. The standard InChI is InChI=1S/C20H40N4O5/c1-15(2)17(21)19(25)23-5-9-27-10-6-24(20(26)18(22)16(3)4)8-12-29-14-13-28-11-7-23/h15-18H,5-14,21-22H2,1-4H3. The molecule has 1 rings (SSSR count). The average Bonchev–Trinajstić information content (AvgIpc) is 2.70. The van der Waals surface area contributed by atoms with Crippen molar-refractivity contribution < 1.29 is 23.8 Å². The zero-order valence-electron chi connectivity index (χ0n) is 18.5. The number of carbonyl (C=O) groups excluding carboxylic acids is 2. The maximum absolute atomic E-state index is 12.6. The van der Waals surface area contributed by atoms with Crippen molar-refractivity contribution in [2.45, 2.75) is 39.8 Å². The zero-order chi connectivity index (χ0) is 21.8. The number of carbonyl (C=O) groups is 2. The molecular formula is C20H40N4O5. The normalized spacial score (nSPS) is 20.8. The first-order valence-electron chi connectivity index (χ1n) is 10.6. The van der Waals surface area contributed by atoms with Crippen molar-refractivity contribution >= 4 is 11.8 Å². The van der Waals surface area contributed by atoms with Gasteiger partial charge in [-0.25, -0.2) is 0 Å². The van der Waals surface area contributed by atoms with Gasteiger partial charge in [0.05, 0.1) is 51.7 Å². The Hall–Kier alpha value is -1.26. The molecule has 1 fully saturated rings. The fraction of sp³-hybridized carbons (Fsp3) is 0.900. The first-order chi connectivity index (χ1) is 13.8. The fourth-order valence-electron chi connectivity index (χ4n) is 2.78. The van der Waals surface area contributed by atoms with E-state index in [0.29, 0.717) is 65.8 Å². The van der Waals surface area contributed by atoms with Crippen molar-refractivity contribution in [3.05, 3.63) is 0 Å². The number of hydrogen-bond acceptors (Lipinski definition) is 7. The molecule has 1 saturated heterocycles. The molecule has 1 aliphatic heterocycles. The van der Waals surface area contributed by atoms with Gasteiger partial charge in [-0.15, -0.1) is 0 Å². The number of nitrogens with two attached hydrogens (primary N) is 2. The van der Waals surface area contributed by atoms with E-state index in [4.69, 9.17) is 25.7 Å². The second-order valence-corrected chi connectivity index (χ2v) is 8.03. The Labute approximate surface area is 175 Å². The van der Waals surface area contributed by atoms with Crippen LogP contribution in [0.1, 0.15) is 27.7 Å². The third-order valence-electron chi connectivity index (χ3n) is 5.02. The van der Waals surface area contributed by atoms with Gasteiger partial charge in [0.1, 0.15) is 0 Å². The lowest BCUT2D eigenvalue weighted by Gasteiger charge is -2.28. The molecular weight excluding hydrogens is 376 g/mol. The summed E-state index contributed by atoms with van der Waals surface area (Å²) in [5.74, 6) is -0.0990. The topological polar surface area (TPSA) is 120 Å². The van der Waals surface area contributed by atoms with Crippen LogP contribution in [0.4, 0.5) is 0 Å². The van der Waals surface area contributed by atoms with E-state index in [1.807, 2.05) is 27.7 Å². The summed E-state index contributed by atoms with van der Waals surface area (Å²) in [6, 6.07) is -1.10. The van der Waals surface area contributed by atoms with Crippen molar-refractivity contribution in [3.63, 3.8) is 0 Å². The quantitative estimate of drug-likeness (QED) is 0.644. The molecule has 0 spiro atoms. The monoisotopic (exact) mass is 416 g/mol. The number of hydrogen-bond donors (Lipinski definition) is 2. The predicted molar refractivity (Wildman–Crippen MR) is 111 cm³/mol. The molecule has 170 valence electrons. The summed E-state index contributed by atoms with van der Waals surface area (Å²) in [6.07, 6.45) is 0. The molecule has 1 heterocycles. The van der Waals surface area contributed by atoms with E-state index >= 15 is 0 Å². The molecule has 0 aliphatic carbocycles. The number of nitrogens with zero attached hydrogens (tertiary/aromatic N) is 2. The molecule has 2 atom stereocenters. The maximum Gasteiger partial charge on any atom is 0.239 e. The van der Waals surface area contributed by atoms with E-state index in [1.165, 1.54) is 0 Å². The minimum absolute atomic E-state index is 0.0547. The number of ether oxygens (including phenoxy) is 3. The van der Waals surface area contributed by atoms with E-state index < -0.39 is 12.1 Å². The molecule has 0 bridgehead atoms. The molecule has 0 saturated carbocycles. The summed E-state index contributed by atoms with van der Waals surface area (Å²) < 4.78 is 16.8. The SMILES string of the molecule is CC(C)C(N)C(=O)N1CCOCCOCCN(C(=O)C(N)C(C)C)CCOCC1. The molecule has 29 heavy (non-hydrogen) atoms. The summed E-state index contributed by atoms with van der Waals surface area (Å²) in [5.41, 5.74) is 12.1. The summed E-state index contributed by atoms with van der Waals surface area (Å²) >= 11 is 0. The molecule has 1 aliphatic rings. The Morgan fingerprint density at radius 1 is 0.621 bits per heavy atom. The van der Waals surface area contributed by atoms with Gasteiger partial charge in [0.15, 0.2) is 0 Å². The summed E-state index contributed by atoms with van der Waals surface area (Å²) in [4.78, 5) is 28.6. The van der Waals surface area contributed by atoms with Gasteiger partial charge < -0.3 is 35.5 Å². The highest BCUT2D eigenvalue weighted by atomic mass is 16.5. The van der Waals surface area contributed by atoms with Crippen LogP contribution in [0.3, 0.4) is 0 Å². The van der Waals surface area contributed by atoms with Crippen LogP contribution in [0.5, 0.6) is 0 Å². The van der Waals surface area contributed by atoms with Gasteiger partial charge in [-0.05, 0) is 11.8 Å². The largest absolute Gasteiger partial charge is 0.378 e. The van der Waals surface area contributed by atoms with Gasteiger partial charge in [0.2, 0.25) is 11.8 Å². The summed E-state index contributed by atoms with van der Waals surface area (Å²) in [7, 11) is 0. The maximum atomic E-state index is 12.6. The predicted octanol–water partition coefficient (Wildman–Crippen LogP) is -0.326. The molecule has 0 aromatic rings. The molecule has 9 nitrogen and oxygen atoms in total. The van der Waals surface area contributed by atoms with Crippen LogP contribution in [0.15, 0.2) is 0 Å². The van der Waals surface area contributed by atoms with Crippen LogP contribution < -0.4 is 11.5 Å². The summed E-state index contributed by atoms with van der Waals surface area (Å²) in [6.45, 7) is 11.9. The van der Waals surface area contributed by atoms with Crippen LogP contribution in [0.2, 0.25) is 0 Å².